The molecule has 2 aromatic heterocycles. The van der Waals surface area contributed by atoms with Gasteiger partial charge in [-0.3, -0.25) is 0 Å². The number of pyridine rings is 1. The molecule has 1 saturated heterocycles. The third-order valence-electron chi connectivity index (χ3n) is 3.89. The van der Waals surface area contributed by atoms with E-state index in [0.29, 0.717) is 0 Å². The summed E-state index contributed by atoms with van der Waals surface area (Å²) in [5, 5.41) is 4.31. The standard InChI is InChI=1S/C17H17N5O/c1-2-4-15-14(3-1)17(20-12-19-15)21-13-5-6-16(18-11-13)22-7-9-23-10-8-22/h1-6,11-12H,7-10H2,(H,19,20,21). The molecule has 6 heteroatoms. The number of fused-ring (bicyclic) bond motifs is 1. The van der Waals surface area contributed by atoms with Gasteiger partial charge in [0.15, 0.2) is 0 Å². The van der Waals surface area contributed by atoms with Gasteiger partial charge in [0.1, 0.15) is 18.0 Å². The maximum Gasteiger partial charge on any atom is 0.141 e. The van der Waals surface area contributed by atoms with Crippen molar-refractivity contribution in [2.45, 2.75) is 0 Å². The van der Waals surface area contributed by atoms with Crippen molar-refractivity contribution in [2.24, 2.45) is 0 Å². The Labute approximate surface area is 134 Å². The van der Waals surface area contributed by atoms with Gasteiger partial charge >= 0.3 is 0 Å². The Morgan fingerprint density at radius 2 is 1.83 bits per heavy atom. The van der Waals surface area contributed by atoms with E-state index in [2.05, 4.69) is 25.2 Å². The Morgan fingerprint density at radius 3 is 2.65 bits per heavy atom. The van der Waals surface area contributed by atoms with E-state index in [9.17, 15) is 0 Å². The van der Waals surface area contributed by atoms with Crippen molar-refractivity contribution >= 4 is 28.2 Å². The SMILES string of the molecule is c1ccc2c(Nc3ccc(N4CCOCC4)nc3)ncnc2c1. The second-order valence-electron chi connectivity index (χ2n) is 5.37. The molecular formula is C17H17N5O. The highest BCUT2D eigenvalue weighted by Gasteiger charge is 2.12. The minimum atomic E-state index is 0.759. The lowest BCUT2D eigenvalue weighted by Crippen LogP contribution is -2.36. The molecule has 0 bridgehead atoms. The minimum absolute atomic E-state index is 0.759. The fraction of sp³-hybridized carbons (Fsp3) is 0.235. The molecular weight excluding hydrogens is 290 g/mol. The smallest absolute Gasteiger partial charge is 0.141 e. The molecule has 0 unspecified atom stereocenters. The van der Waals surface area contributed by atoms with Crippen molar-refractivity contribution in [3.63, 3.8) is 0 Å². The van der Waals surface area contributed by atoms with Crippen molar-refractivity contribution in [2.75, 3.05) is 36.5 Å². The van der Waals surface area contributed by atoms with Crippen LogP contribution in [0.2, 0.25) is 0 Å². The zero-order valence-electron chi connectivity index (χ0n) is 12.6. The first-order valence-corrected chi connectivity index (χ1v) is 7.66. The molecule has 116 valence electrons. The molecule has 0 spiro atoms. The molecule has 0 saturated carbocycles. The number of hydrogen-bond acceptors (Lipinski definition) is 6. The van der Waals surface area contributed by atoms with E-state index < -0.39 is 0 Å². The summed E-state index contributed by atoms with van der Waals surface area (Å²) in [5.41, 5.74) is 1.83. The van der Waals surface area contributed by atoms with Crippen molar-refractivity contribution in [3.8, 4) is 0 Å². The van der Waals surface area contributed by atoms with Crippen LogP contribution in [-0.2, 0) is 4.74 Å². The summed E-state index contributed by atoms with van der Waals surface area (Å²) in [4.78, 5) is 15.4. The number of aromatic nitrogens is 3. The Kier molecular flexibility index (Phi) is 3.73. The van der Waals surface area contributed by atoms with Crippen LogP contribution >= 0.6 is 0 Å². The average molecular weight is 307 g/mol. The minimum Gasteiger partial charge on any atom is -0.378 e. The second kappa shape index (κ2) is 6.18. The number of benzene rings is 1. The Bertz CT molecular complexity index is 794. The van der Waals surface area contributed by atoms with Crippen molar-refractivity contribution in [1.29, 1.82) is 0 Å². The van der Waals surface area contributed by atoms with E-state index in [-0.39, 0.29) is 0 Å². The normalized spacial score (nSPS) is 14.9. The molecule has 0 aliphatic carbocycles. The van der Waals surface area contributed by atoms with Gasteiger partial charge < -0.3 is 15.0 Å². The fourth-order valence-electron chi connectivity index (χ4n) is 2.68. The van der Waals surface area contributed by atoms with Crippen LogP contribution in [0.15, 0.2) is 48.9 Å². The van der Waals surface area contributed by atoms with E-state index in [1.54, 1.807) is 6.33 Å². The van der Waals surface area contributed by atoms with Crippen molar-refractivity contribution in [1.82, 2.24) is 15.0 Å². The highest BCUT2D eigenvalue weighted by molar-refractivity contribution is 5.90. The van der Waals surface area contributed by atoms with E-state index in [1.807, 2.05) is 42.6 Å². The largest absolute Gasteiger partial charge is 0.378 e. The number of ether oxygens (including phenoxy) is 1. The lowest BCUT2D eigenvalue weighted by atomic mass is 10.2. The van der Waals surface area contributed by atoms with E-state index in [0.717, 1.165) is 54.5 Å². The van der Waals surface area contributed by atoms with Gasteiger partial charge in [0.05, 0.1) is 30.6 Å². The van der Waals surface area contributed by atoms with Crippen LogP contribution in [0.4, 0.5) is 17.3 Å². The van der Waals surface area contributed by atoms with Gasteiger partial charge in [0.25, 0.3) is 0 Å². The van der Waals surface area contributed by atoms with Crippen LogP contribution in [0.25, 0.3) is 10.9 Å². The third kappa shape index (κ3) is 2.93. The quantitative estimate of drug-likeness (QED) is 0.802. The number of para-hydroxylation sites is 1. The highest BCUT2D eigenvalue weighted by atomic mass is 16.5. The average Bonchev–Trinajstić information content (AvgIpc) is 2.63. The number of anilines is 3. The third-order valence-corrected chi connectivity index (χ3v) is 3.89. The summed E-state index contributed by atoms with van der Waals surface area (Å²) < 4.78 is 5.37. The summed E-state index contributed by atoms with van der Waals surface area (Å²) in [7, 11) is 0. The molecule has 6 nitrogen and oxygen atoms in total. The van der Waals surface area contributed by atoms with Crippen LogP contribution in [0, 0.1) is 0 Å². The van der Waals surface area contributed by atoms with Gasteiger partial charge in [-0.15, -0.1) is 0 Å². The molecule has 1 aromatic carbocycles. The second-order valence-corrected chi connectivity index (χ2v) is 5.37. The Hall–Kier alpha value is -2.73. The van der Waals surface area contributed by atoms with Crippen LogP contribution in [0.3, 0.4) is 0 Å². The van der Waals surface area contributed by atoms with Gasteiger partial charge in [-0.2, -0.15) is 0 Å². The van der Waals surface area contributed by atoms with Gasteiger partial charge in [0.2, 0.25) is 0 Å². The summed E-state index contributed by atoms with van der Waals surface area (Å²) in [6.07, 6.45) is 3.40. The Morgan fingerprint density at radius 1 is 0.957 bits per heavy atom. The predicted octanol–water partition coefficient (Wildman–Crippen LogP) is 2.61. The van der Waals surface area contributed by atoms with E-state index >= 15 is 0 Å². The van der Waals surface area contributed by atoms with Crippen LogP contribution in [0.5, 0.6) is 0 Å². The summed E-state index contributed by atoms with van der Waals surface area (Å²) in [5.74, 6) is 1.77. The number of morpholine rings is 1. The first-order valence-electron chi connectivity index (χ1n) is 7.66. The van der Waals surface area contributed by atoms with E-state index in [1.165, 1.54) is 0 Å². The molecule has 4 rings (SSSR count). The molecule has 1 N–H and O–H groups in total. The molecule has 3 heterocycles. The van der Waals surface area contributed by atoms with Gasteiger partial charge in [-0.1, -0.05) is 12.1 Å². The van der Waals surface area contributed by atoms with Crippen LogP contribution < -0.4 is 10.2 Å². The zero-order valence-corrected chi connectivity index (χ0v) is 12.6. The Balaban J connectivity index is 1.56. The lowest BCUT2D eigenvalue weighted by Gasteiger charge is -2.27. The molecule has 1 fully saturated rings. The maximum atomic E-state index is 5.37. The van der Waals surface area contributed by atoms with E-state index in [4.69, 9.17) is 4.74 Å². The first-order chi connectivity index (χ1) is 11.4. The number of nitrogens with zero attached hydrogens (tertiary/aromatic N) is 4. The molecule has 3 aromatic rings. The number of nitrogens with one attached hydrogen (secondary N) is 1. The van der Waals surface area contributed by atoms with Gasteiger partial charge in [0, 0.05) is 18.5 Å². The fourth-order valence-corrected chi connectivity index (χ4v) is 2.68. The molecule has 0 radical (unpaired) electrons. The summed E-state index contributed by atoms with van der Waals surface area (Å²) in [6.45, 7) is 3.29. The predicted molar refractivity (Wildman–Crippen MR) is 90.1 cm³/mol. The summed E-state index contributed by atoms with van der Waals surface area (Å²) >= 11 is 0. The summed E-state index contributed by atoms with van der Waals surface area (Å²) in [6, 6.07) is 12.0. The highest BCUT2D eigenvalue weighted by Crippen LogP contribution is 2.23. The number of rotatable bonds is 3. The molecule has 1 aliphatic rings. The van der Waals surface area contributed by atoms with Crippen molar-refractivity contribution in [3.05, 3.63) is 48.9 Å². The first kappa shape index (κ1) is 13.9. The molecule has 0 amide bonds. The monoisotopic (exact) mass is 307 g/mol. The molecule has 23 heavy (non-hydrogen) atoms. The van der Waals surface area contributed by atoms with Crippen molar-refractivity contribution < 1.29 is 4.74 Å². The van der Waals surface area contributed by atoms with Crippen LogP contribution in [0.1, 0.15) is 0 Å². The van der Waals surface area contributed by atoms with Crippen LogP contribution in [-0.4, -0.2) is 41.3 Å². The lowest BCUT2D eigenvalue weighted by molar-refractivity contribution is 0.122. The molecule has 1 aliphatic heterocycles. The van der Waals surface area contributed by atoms with Gasteiger partial charge in [-0.25, -0.2) is 15.0 Å². The van der Waals surface area contributed by atoms with Gasteiger partial charge in [-0.05, 0) is 24.3 Å². The topological polar surface area (TPSA) is 63.2 Å². The molecule has 0 atom stereocenters. The zero-order chi connectivity index (χ0) is 15.5. The maximum absolute atomic E-state index is 5.37. The number of hydrogen-bond donors (Lipinski definition) is 1.